The molecular weight excluding hydrogens is 224 g/mol. The Hall–Kier alpha value is -2.63. The Balaban J connectivity index is 2.70. The molecule has 6 nitrogen and oxygen atoms in total. The van der Waals surface area contributed by atoms with Crippen LogP contribution in [0.1, 0.15) is 10.5 Å². The number of carbonyl (C=O) groups is 1. The quantitative estimate of drug-likeness (QED) is 0.774. The van der Waals surface area contributed by atoms with Crippen LogP contribution in [0.15, 0.2) is 46.0 Å². The number of nitrogens with zero attached hydrogens (tertiary/aromatic N) is 1. The molecule has 2 aromatic rings. The number of aromatic nitrogens is 2. The number of carboxylic acid groups (broad SMARTS) is 1. The summed E-state index contributed by atoms with van der Waals surface area (Å²) in [4.78, 5) is 36.0. The van der Waals surface area contributed by atoms with Crippen LogP contribution in [0, 0.1) is 0 Å². The van der Waals surface area contributed by atoms with Gasteiger partial charge in [0.2, 0.25) is 0 Å². The summed E-state index contributed by atoms with van der Waals surface area (Å²) < 4.78 is 0.867. The molecular formula is C11H8N2O4. The van der Waals surface area contributed by atoms with Crippen LogP contribution >= 0.6 is 0 Å². The minimum atomic E-state index is -1.35. The highest BCUT2D eigenvalue weighted by atomic mass is 16.4. The van der Waals surface area contributed by atoms with Crippen LogP contribution in [-0.4, -0.2) is 20.6 Å². The molecule has 1 aromatic carbocycles. The molecule has 0 aliphatic rings. The topological polar surface area (TPSA) is 92.2 Å². The summed E-state index contributed by atoms with van der Waals surface area (Å²) >= 11 is 0. The molecule has 0 amide bonds. The third-order valence-corrected chi connectivity index (χ3v) is 2.18. The fourth-order valence-electron chi connectivity index (χ4n) is 1.43. The first-order valence-electron chi connectivity index (χ1n) is 4.74. The van der Waals surface area contributed by atoms with Gasteiger partial charge in [0.15, 0.2) is 0 Å². The number of H-pyrrole nitrogens is 1. The minimum Gasteiger partial charge on any atom is -0.477 e. The summed E-state index contributed by atoms with van der Waals surface area (Å²) in [6.45, 7) is 0. The van der Waals surface area contributed by atoms with E-state index in [4.69, 9.17) is 5.11 Å². The van der Waals surface area contributed by atoms with Gasteiger partial charge < -0.3 is 10.1 Å². The van der Waals surface area contributed by atoms with Crippen LogP contribution in [0.2, 0.25) is 0 Å². The molecule has 0 bridgehead atoms. The molecule has 0 fully saturated rings. The molecule has 0 aliphatic heterocycles. The van der Waals surface area contributed by atoms with Gasteiger partial charge in [-0.2, -0.15) is 0 Å². The molecule has 0 atom stereocenters. The monoisotopic (exact) mass is 232 g/mol. The van der Waals surface area contributed by atoms with E-state index in [-0.39, 0.29) is 0 Å². The number of hydrogen-bond donors (Lipinski definition) is 2. The zero-order valence-corrected chi connectivity index (χ0v) is 8.58. The standard InChI is InChI=1S/C11H8N2O4/c14-9-6-8(10(15)16)12-11(17)13(9)7-4-2-1-3-5-7/h1-6H,(H,12,17)(H,15,16). The third kappa shape index (κ3) is 2.00. The van der Waals surface area contributed by atoms with Crippen molar-refractivity contribution >= 4 is 5.97 Å². The summed E-state index contributed by atoms with van der Waals surface area (Å²) in [5.74, 6) is -1.35. The number of aromatic amines is 1. The summed E-state index contributed by atoms with van der Waals surface area (Å²) in [7, 11) is 0. The minimum absolute atomic E-state index is 0.385. The van der Waals surface area contributed by atoms with Crippen molar-refractivity contribution in [1.29, 1.82) is 0 Å². The maximum Gasteiger partial charge on any atom is 0.352 e. The second-order valence-corrected chi connectivity index (χ2v) is 3.30. The molecule has 1 heterocycles. The highest BCUT2D eigenvalue weighted by Crippen LogP contribution is 2.00. The summed E-state index contributed by atoms with van der Waals surface area (Å²) in [5, 5.41) is 8.68. The van der Waals surface area contributed by atoms with E-state index in [1.807, 2.05) is 0 Å². The first kappa shape index (κ1) is 10.9. The molecule has 2 N–H and O–H groups in total. The van der Waals surface area contributed by atoms with E-state index in [1.165, 1.54) is 0 Å². The summed E-state index contributed by atoms with van der Waals surface area (Å²) in [6, 6.07) is 9.12. The van der Waals surface area contributed by atoms with Gasteiger partial charge in [0.05, 0.1) is 5.69 Å². The Morgan fingerprint density at radius 1 is 1.18 bits per heavy atom. The van der Waals surface area contributed by atoms with Crippen molar-refractivity contribution in [3.8, 4) is 5.69 Å². The molecule has 17 heavy (non-hydrogen) atoms. The molecule has 0 aliphatic carbocycles. The Kier molecular flexibility index (Phi) is 2.61. The van der Waals surface area contributed by atoms with E-state index in [9.17, 15) is 14.4 Å². The molecule has 6 heteroatoms. The molecule has 2 rings (SSSR count). The fourth-order valence-corrected chi connectivity index (χ4v) is 1.43. The van der Waals surface area contributed by atoms with Crippen molar-refractivity contribution in [2.45, 2.75) is 0 Å². The lowest BCUT2D eigenvalue weighted by Crippen LogP contribution is -2.34. The van der Waals surface area contributed by atoms with Crippen molar-refractivity contribution in [1.82, 2.24) is 9.55 Å². The van der Waals surface area contributed by atoms with Crippen LogP contribution in [0.4, 0.5) is 0 Å². The lowest BCUT2D eigenvalue weighted by Gasteiger charge is -2.03. The van der Waals surface area contributed by atoms with E-state index in [1.54, 1.807) is 30.3 Å². The van der Waals surface area contributed by atoms with Gasteiger partial charge >= 0.3 is 11.7 Å². The number of benzene rings is 1. The van der Waals surface area contributed by atoms with E-state index < -0.39 is 22.9 Å². The van der Waals surface area contributed by atoms with Gasteiger partial charge in [-0.1, -0.05) is 18.2 Å². The normalized spacial score (nSPS) is 10.1. The average Bonchev–Trinajstić information content (AvgIpc) is 2.29. The van der Waals surface area contributed by atoms with E-state index in [2.05, 4.69) is 4.98 Å². The van der Waals surface area contributed by atoms with E-state index >= 15 is 0 Å². The van der Waals surface area contributed by atoms with Crippen LogP contribution in [0.3, 0.4) is 0 Å². The first-order chi connectivity index (χ1) is 8.09. The zero-order chi connectivity index (χ0) is 12.4. The number of para-hydroxylation sites is 1. The average molecular weight is 232 g/mol. The molecule has 0 radical (unpaired) electrons. The second-order valence-electron chi connectivity index (χ2n) is 3.30. The van der Waals surface area contributed by atoms with Crippen LogP contribution in [0.5, 0.6) is 0 Å². The first-order valence-corrected chi connectivity index (χ1v) is 4.74. The Bertz CT molecular complexity index is 639. The molecule has 0 saturated heterocycles. The van der Waals surface area contributed by atoms with Crippen LogP contribution in [-0.2, 0) is 0 Å². The lowest BCUT2D eigenvalue weighted by molar-refractivity contribution is 0.0689. The van der Waals surface area contributed by atoms with Gasteiger partial charge in [-0.05, 0) is 12.1 Å². The van der Waals surface area contributed by atoms with Gasteiger partial charge in [0, 0.05) is 6.07 Å². The van der Waals surface area contributed by atoms with E-state index in [0.717, 1.165) is 10.6 Å². The largest absolute Gasteiger partial charge is 0.477 e. The predicted octanol–water partition coefficient (Wildman–Crippen LogP) is 0.224. The van der Waals surface area contributed by atoms with Crippen molar-refractivity contribution in [2.75, 3.05) is 0 Å². The zero-order valence-electron chi connectivity index (χ0n) is 8.58. The SMILES string of the molecule is O=C(O)c1cc(=O)n(-c2ccccc2)c(=O)[nH]1. The van der Waals surface area contributed by atoms with Gasteiger partial charge in [-0.3, -0.25) is 4.79 Å². The van der Waals surface area contributed by atoms with Gasteiger partial charge in [-0.15, -0.1) is 0 Å². The Morgan fingerprint density at radius 2 is 1.82 bits per heavy atom. The van der Waals surface area contributed by atoms with Gasteiger partial charge in [0.1, 0.15) is 5.69 Å². The van der Waals surface area contributed by atoms with Crippen molar-refractivity contribution in [2.24, 2.45) is 0 Å². The van der Waals surface area contributed by atoms with Gasteiger partial charge in [-0.25, -0.2) is 14.2 Å². The van der Waals surface area contributed by atoms with E-state index in [0.29, 0.717) is 5.69 Å². The summed E-state index contributed by atoms with van der Waals surface area (Å²) in [6.07, 6.45) is 0. The molecule has 0 spiro atoms. The highest BCUT2D eigenvalue weighted by molar-refractivity contribution is 5.84. The number of carboxylic acids is 1. The highest BCUT2D eigenvalue weighted by Gasteiger charge is 2.10. The number of aromatic carboxylic acids is 1. The number of nitrogens with one attached hydrogen (secondary N) is 1. The van der Waals surface area contributed by atoms with Crippen molar-refractivity contribution in [3.63, 3.8) is 0 Å². The smallest absolute Gasteiger partial charge is 0.352 e. The fraction of sp³-hybridized carbons (Fsp3) is 0. The Labute approximate surface area is 94.8 Å². The predicted molar refractivity (Wildman–Crippen MR) is 59.6 cm³/mol. The maximum absolute atomic E-state index is 11.6. The molecule has 0 saturated carbocycles. The summed E-state index contributed by atoms with van der Waals surface area (Å²) in [5.41, 5.74) is -1.50. The molecule has 86 valence electrons. The molecule has 1 aromatic heterocycles. The third-order valence-electron chi connectivity index (χ3n) is 2.18. The molecule has 0 unspecified atom stereocenters. The lowest BCUT2D eigenvalue weighted by atomic mass is 10.3. The second kappa shape index (κ2) is 4.09. The van der Waals surface area contributed by atoms with Crippen molar-refractivity contribution < 1.29 is 9.90 Å². The maximum atomic E-state index is 11.6. The number of hydrogen-bond acceptors (Lipinski definition) is 3. The number of rotatable bonds is 2. The van der Waals surface area contributed by atoms with Crippen LogP contribution in [0.25, 0.3) is 5.69 Å². The van der Waals surface area contributed by atoms with Crippen molar-refractivity contribution in [3.05, 3.63) is 62.9 Å². The Morgan fingerprint density at radius 3 is 2.35 bits per heavy atom. The van der Waals surface area contributed by atoms with Crippen LogP contribution < -0.4 is 11.2 Å². The van der Waals surface area contributed by atoms with Gasteiger partial charge in [0.25, 0.3) is 5.56 Å².